The van der Waals surface area contributed by atoms with Gasteiger partial charge in [-0.15, -0.1) is 0 Å². The summed E-state index contributed by atoms with van der Waals surface area (Å²) in [6.45, 7) is 1.09. The first-order valence-electron chi connectivity index (χ1n) is 6.62. The second-order valence-electron chi connectivity index (χ2n) is 4.97. The predicted molar refractivity (Wildman–Crippen MR) is 75.9 cm³/mol. The van der Waals surface area contributed by atoms with Gasteiger partial charge in [0.1, 0.15) is 5.82 Å². The number of hydrogen-bond acceptors (Lipinski definition) is 4. The van der Waals surface area contributed by atoms with Crippen molar-refractivity contribution >= 4 is 5.82 Å². The molecule has 1 saturated heterocycles. The van der Waals surface area contributed by atoms with E-state index in [1.54, 1.807) is 18.6 Å². The van der Waals surface area contributed by atoms with E-state index in [1.165, 1.54) is 5.56 Å². The minimum atomic E-state index is 0.379. The van der Waals surface area contributed by atoms with Crippen molar-refractivity contribution in [3.05, 3.63) is 54.5 Å². The van der Waals surface area contributed by atoms with Gasteiger partial charge in [0.2, 0.25) is 0 Å². The number of likely N-dealkylation sites (N-methyl/N-ethyl adjacent to an activating group) is 1. The normalized spacial score (nSPS) is 23.4. The minimum absolute atomic E-state index is 0.379. The van der Waals surface area contributed by atoms with Crippen molar-refractivity contribution in [1.82, 2.24) is 14.9 Å². The number of benzene rings is 1. The fourth-order valence-electron chi connectivity index (χ4n) is 2.80. The second-order valence-corrected chi connectivity index (χ2v) is 4.97. The Kier molecular flexibility index (Phi) is 3.42. The van der Waals surface area contributed by atoms with Gasteiger partial charge in [-0.1, -0.05) is 30.3 Å². The first kappa shape index (κ1) is 12.1. The van der Waals surface area contributed by atoms with E-state index in [1.807, 2.05) is 0 Å². The highest BCUT2D eigenvalue weighted by atomic mass is 15.2. The summed E-state index contributed by atoms with van der Waals surface area (Å²) in [5.74, 6) is 0.851. The van der Waals surface area contributed by atoms with E-state index >= 15 is 0 Å². The fraction of sp³-hybridized carbons (Fsp3) is 0.333. The molecule has 19 heavy (non-hydrogen) atoms. The Hall–Kier alpha value is -1.94. The van der Waals surface area contributed by atoms with Gasteiger partial charge < -0.3 is 5.32 Å². The standard InChI is InChI=1S/C15H18N4/c1-19-10-7-13(18-14-11-16-8-9-17-14)15(19)12-5-3-2-4-6-12/h2-6,8-9,11,13,15H,7,10H2,1H3,(H,17,18)/t13-,15+/m1/s1. The van der Waals surface area contributed by atoms with Crippen molar-refractivity contribution < 1.29 is 0 Å². The van der Waals surface area contributed by atoms with Gasteiger partial charge >= 0.3 is 0 Å². The van der Waals surface area contributed by atoms with Crippen LogP contribution in [0.1, 0.15) is 18.0 Å². The molecule has 1 aliphatic rings. The van der Waals surface area contributed by atoms with Crippen LogP contribution in [-0.2, 0) is 0 Å². The monoisotopic (exact) mass is 254 g/mol. The smallest absolute Gasteiger partial charge is 0.144 e. The average Bonchev–Trinajstić information content (AvgIpc) is 2.82. The van der Waals surface area contributed by atoms with E-state index < -0.39 is 0 Å². The van der Waals surface area contributed by atoms with Crippen LogP contribution in [-0.4, -0.2) is 34.5 Å². The molecule has 2 atom stereocenters. The third-order valence-electron chi connectivity index (χ3n) is 3.69. The first-order chi connectivity index (χ1) is 9.34. The van der Waals surface area contributed by atoms with Gasteiger partial charge in [0.05, 0.1) is 12.2 Å². The van der Waals surface area contributed by atoms with Crippen molar-refractivity contribution in [2.24, 2.45) is 0 Å². The Morgan fingerprint density at radius 1 is 1.21 bits per heavy atom. The van der Waals surface area contributed by atoms with E-state index in [9.17, 15) is 0 Å². The molecular weight excluding hydrogens is 236 g/mol. The number of hydrogen-bond donors (Lipinski definition) is 1. The number of rotatable bonds is 3. The molecule has 3 rings (SSSR count). The molecule has 4 nitrogen and oxygen atoms in total. The molecule has 0 saturated carbocycles. The molecule has 1 aliphatic heterocycles. The molecule has 98 valence electrons. The Morgan fingerprint density at radius 3 is 2.79 bits per heavy atom. The first-order valence-corrected chi connectivity index (χ1v) is 6.62. The Morgan fingerprint density at radius 2 is 2.05 bits per heavy atom. The third-order valence-corrected chi connectivity index (χ3v) is 3.69. The van der Waals surface area contributed by atoms with Gasteiger partial charge in [-0.05, 0) is 19.0 Å². The third kappa shape index (κ3) is 2.58. The molecule has 1 N–H and O–H groups in total. The zero-order valence-corrected chi connectivity index (χ0v) is 11.0. The van der Waals surface area contributed by atoms with Gasteiger partial charge in [0.25, 0.3) is 0 Å². The van der Waals surface area contributed by atoms with Crippen molar-refractivity contribution in [3.63, 3.8) is 0 Å². The van der Waals surface area contributed by atoms with E-state index in [4.69, 9.17) is 0 Å². The summed E-state index contributed by atoms with van der Waals surface area (Å²) < 4.78 is 0. The van der Waals surface area contributed by atoms with Crippen molar-refractivity contribution in [2.45, 2.75) is 18.5 Å². The number of anilines is 1. The van der Waals surface area contributed by atoms with Crippen molar-refractivity contribution in [1.29, 1.82) is 0 Å². The van der Waals surface area contributed by atoms with Crippen molar-refractivity contribution in [2.75, 3.05) is 18.9 Å². The molecule has 4 heteroatoms. The number of nitrogens with one attached hydrogen (secondary N) is 1. The van der Waals surface area contributed by atoms with E-state index in [-0.39, 0.29) is 0 Å². The maximum Gasteiger partial charge on any atom is 0.144 e. The lowest BCUT2D eigenvalue weighted by Crippen LogP contribution is -2.29. The topological polar surface area (TPSA) is 41.0 Å². The molecule has 0 spiro atoms. The number of nitrogens with zero attached hydrogens (tertiary/aromatic N) is 3. The molecule has 2 heterocycles. The van der Waals surface area contributed by atoms with Crippen LogP contribution in [0.4, 0.5) is 5.82 Å². The van der Waals surface area contributed by atoms with E-state index in [2.05, 4.69) is 57.6 Å². The van der Waals surface area contributed by atoms with Crippen LogP contribution in [0, 0.1) is 0 Å². The summed E-state index contributed by atoms with van der Waals surface area (Å²) in [6.07, 6.45) is 6.31. The van der Waals surface area contributed by atoms with Crippen LogP contribution in [0.15, 0.2) is 48.9 Å². The van der Waals surface area contributed by atoms with Gasteiger partial charge in [-0.25, -0.2) is 4.98 Å². The summed E-state index contributed by atoms with van der Waals surface area (Å²) in [6, 6.07) is 11.4. The summed E-state index contributed by atoms with van der Waals surface area (Å²) in [4.78, 5) is 10.8. The lowest BCUT2D eigenvalue weighted by atomic mass is 10.0. The zero-order valence-electron chi connectivity index (χ0n) is 11.0. The van der Waals surface area contributed by atoms with Crippen LogP contribution in [0.2, 0.25) is 0 Å². The van der Waals surface area contributed by atoms with Crippen LogP contribution in [0.25, 0.3) is 0 Å². The highest BCUT2D eigenvalue weighted by Crippen LogP contribution is 2.32. The van der Waals surface area contributed by atoms with Gasteiger partial charge in [0, 0.05) is 25.0 Å². The highest BCUT2D eigenvalue weighted by molar-refractivity contribution is 5.35. The van der Waals surface area contributed by atoms with Crippen molar-refractivity contribution in [3.8, 4) is 0 Å². The Labute approximate surface area is 113 Å². The molecule has 2 aromatic rings. The largest absolute Gasteiger partial charge is 0.364 e. The summed E-state index contributed by atoms with van der Waals surface area (Å²) in [5, 5.41) is 3.50. The lowest BCUT2D eigenvalue weighted by molar-refractivity contribution is 0.309. The lowest BCUT2D eigenvalue weighted by Gasteiger charge is -2.26. The predicted octanol–water partition coefficient (Wildman–Crippen LogP) is 2.33. The zero-order chi connectivity index (χ0) is 13.1. The molecule has 0 unspecified atom stereocenters. The minimum Gasteiger partial charge on any atom is -0.364 e. The van der Waals surface area contributed by atoms with Crippen LogP contribution >= 0.6 is 0 Å². The van der Waals surface area contributed by atoms with E-state index in [0.29, 0.717) is 12.1 Å². The summed E-state index contributed by atoms with van der Waals surface area (Å²) >= 11 is 0. The summed E-state index contributed by atoms with van der Waals surface area (Å²) in [7, 11) is 2.18. The van der Waals surface area contributed by atoms with Crippen LogP contribution in [0.3, 0.4) is 0 Å². The fourth-order valence-corrected chi connectivity index (χ4v) is 2.80. The van der Waals surface area contributed by atoms with E-state index in [0.717, 1.165) is 18.8 Å². The average molecular weight is 254 g/mol. The van der Waals surface area contributed by atoms with Crippen LogP contribution in [0.5, 0.6) is 0 Å². The maximum atomic E-state index is 4.30. The molecule has 1 aromatic carbocycles. The SMILES string of the molecule is CN1CC[C@@H](Nc2cnccn2)[C@@H]1c1ccccc1. The summed E-state index contributed by atoms with van der Waals surface area (Å²) in [5.41, 5.74) is 1.35. The molecular formula is C15H18N4. The Bertz CT molecular complexity index is 514. The maximum absolute atomic E-state index is 4.30. The molecule has 0 radical (unpaired) electrons. The second kappa shape index (κ2) is 5.36. The number of likely N-dealkylation sites (tertiary alicyclic amines) is 1. The quantitative estimate of drug-likeness (QED) is 0.912. The molecule has 0 amide bonds. The van der Waals surface area contributed by atoms with Gasteiger partial charge in [-0.2, -0.15) is 0 Å². The van der Waals surface area contributed by atoms with Gasteiger partial charge in [0.15, 0.2) is 0 Å². The number of aromatic nitrogens is 2. The highest BCUT2D eigenvalue weighted by Gasteiger charge is 2.32. The molecule has 1 fully saturated rings. The molecule has 0 bridgehead atoms. The van der Waals surface area contributed by atoms with Gasteiger partial charge in [-0.3, -0.25) is 9.88 Å². The molecule has 1 aromatic heterocycles. The molecule has 0 aliphatic carbocycles. The Balaban J connectivity index is 1.81. The van der Waals surface area contributed by atoms with Crippen LogP contribution < -0.4 is 5.32 Å².